The van der Waals surface area contributed by atoms with Gasteiger partial charge in [-0.3, -0.25) is 0 Å². The monoisotopic (exact) mass is 447 g/mol. The summed E-state index contributed by atoms with van der Waals surface area (Å²) in [4.78, 5) is 25.5. The number of benzene rings is 2. The zero-order valence-electron chi connectivity index (χ0n) is 19.2. The summed E-state index contributed by atoms with van der Waals surface area (Å²) in [6, 6.07) is 15.8. The number of nitrogens with zero attached hydrogens (tertiary/aromatic N) is 4. The number of rotatable bonds is 6. The first-order valence-electron chi connectivity index (χ1n) is 10.9. The number of methoxy groups -OCH3 is 2. The van der Waals surface area contributed by atoms with Crippen LogP contribution in [-0.2, 0) is 6.54 Å². The van der Waals surface area contributed by atoms with Gasteiger partial charge >= 0.3 is 6.03 Å². The van der Waals surface area contributed by atoms with E-state index in [-0.39, 0.29) is 6.03 Å². The minimum Gasteiger partial charge on any atom is -0.493 e. The number of urea groups is 1. The number of anilines is 1. The molecule has 1 aliphatic heterocycles. The van der Waals surface area contributed by atoms with Crippen LogP contribution in [0, 0.1) is 6.92 Å². The molecular formula is C25H29N5O3. The summed E-state index contributed by atoms with van der Waals surface area (Å²) >= 11 is 0. The fourth-order valence-corrected chi connectivity index (χ4v) is 3.81. The summed E-state index contributed by atoms with van der Waals surface area (Å²) in [5.74, 6) is 2.17. The van der Waals surface area contributed by atoms with Gasteiger partial charge in [0.25, 0.3) is 0 Å². The van der Waals surface area contributed by atoms with Crippen LogP contribution in [0.25, 0.3) is 11.3 Å². The third kappa shape index (κ3) is 5.34. The average Bonchev–Trinajstić information content (AvgIpc) is 2.88. The van der Waals surface area contributed by atoms with E-state index in [2.05, 4.69) is 39.2 Å². The minimum atomic E-state index is -0.0380. The van der Waals surface area contributed by atoms with Crippen molar-refractivity contribution >= 4 is 11.8 Å². The predicted molar refractivity (Wildman–Crippen MR) is 128 cm³/mol. The molecule has 0 spiro atoms. The SMILES string of the molecule is COc1ccc(-c2cc(N3CCN(C(=O)NCc4ccc(C)cc4)CC3)ncn2)cc1OC. The number of aromatic nitrogens is 2. The van der Waals surface area contributed by atoms with Crippen LogP contribution in [0.4, 0.5) is 10.6 Å². The normalized spacial score (nSPS) is 13.5. The minimum absolute atomic E-state index is 0.0380. The Balaban J connectivity index is 1.36. The molecule has 2 aromatic carbocycles. The molecule has 0 unspecified atom stereocenters. The smallest absolute Gasteiger partial charge is 0.317 e. The number of hydrogen-bond acceptors (Lipinski definition) is 6. The summed E-state index contributed by atoms with van der Waals surface area (Å²) in [6.07, 6.45) is 1.57. The van der Waals surface area contributed by atoms with Gasteiger partial charge < -0.3 is 24.6 Å². The lowest BCUT2D eigenvalue weighted by Gasteiger charge is -2.35. The summed E-state index contributed by atoms with van der Waals surface area (Å²) in [5, 5.41) is 3.01. The summed E-state index contributed by atoms with van der Waals surface area (Å²) in [7, 11) is 3.23. The molecule has 4 rings (SSSR count). The van der Waals surface area contributed by atoms with Crippen molar-refractivity contribution in [3.05, 3.63) is 66.0 Å². The summed E-state index contributed by atoms with van der Waals surface area (Å²) in [5.41, 5.74) is 4.03. The van der Waals surface area contributed by atoms with Crippen molar-refractivity contribution in [1.82, 2.24) is 20.2 Å². The number of nitrogens with one attached hydrogen (secondary N) is 1. The van der Waals surface area contributed by atoms with Crippen molar-refractivity contribution in [3.63, 3.8) is 0 Å². The van der Waals surface area contributed by atoms with Crippen molar-refractivity contribution in [2.45, 2.75) is 13.5 Å². The Morgan fingerprint density at radius 3 is 2.36 bits per heavy atom. The van der Waals surface area contributed by atoms with Gasteiger partial charge in [0.05, 0.1) is 19.9 Å². The molecule has 0 atom stereocenters. The largest absolute Gasteiger partial charge is 0.493 e. The molecule has 33 heavy (non-hydrogen) atoms. The van der Waals surface area contributed by atoms with Crippen LogP contribution in [-0.4, -0.2) is 61.3 Å². The van der Waals surface area contributed by atoms with Crippen LogP contribution in [0.2, 0.25) is 0 Å². The Morgan fingerprint density at radius 1 is 0.939 bits per heavy atom. The van der Waals surface area contributed by atoms with Gasteiger partial charge in [-0.15, -0.1) is 0 Å². The number of carbonyl (C=O) groups excluding carboxylic acids is 1. The van der Waals surface area contributed by atoms with Gasteiger partial charge in [-0.05, 0) is 30.7 Å². The maximum absolute atomic E-state index is 12.6. The Labute approximate surface area is 194 Å². The van der Waals surface area contributed by atoms with Gasteiger partial charge in [-0.2, -0.15) is 0 Å². The molecule has 0 radical (unpaired) electrons. The molecule has 1 aliphatic rings. The average molecular weight is 448 g/mol. The molecule has 1 fully saturated rings. The molecular weight excluding hydrogens is 418 g/mol. The second kappa shape index (κ2) is 10.2. The number of aryl methyl sites for hydroxylation is 1. The first kappa shape index (κ1) is 22.4. The van der Waals surface area contributed by atoms with Crippen LogP contribution < -0.4 is 19.7 Å². The fraction of sp³-hybridized carbons (Fsp3) is 0.320. The molecule has 2 amide bonds. The second-order valence-corrected chi connectivity index (χ2v) is 7.95. The van der Waals surface area contributed by atoms with Crippen molar-refractivity contribution in [2.24, 2.45) is 0 Å². The number of piperazine rings is 1. The second-order valence-electron chi connectivity index (χ2n) is 7.95. The van der Waals surface area contributed by atoms with Gasteiger partial charge in [-0.25, -0.2) is 14.8 Å². The van der Waals surface area contributed by atoms with Crippen LogP contribution in [0.15, 0.2) is 54.9 Å². The van der Waals surface area contributed by atoms with Gasteiger partial charge in [0, 0.05) is 44.4 Å². The topological polar surface area (TPSA) is 79.8 Å². The van der Waals surface area contributed by atoms with Gasteiger partial charge in [0.15, 0.2) is 11.5 Å². The van der Waals surface area contributed by atoms with Crippen molar-refractivity contribution in [2.75, 3.05) is 45.3 Å². The van der Waals surface area contributed by atoms with Gasteiger partial charge in [0.2, 0.25) is 0 Å². The summed E-state index contributed by atoms with van der Waals surface area (Å²) in [6.45, 7) is 5.27. The lowest BCUT2D eigenvalue weighted by Crippen LogP contribution is -2.51. The van der Waals surface area contributed by atoms with E-state index in [1.807, 2.05) is 41.3 Å². The van der Waals surface area contributed by atoms with E-state index >= 15 is 0 Å². The van der Waals surface area contributed by atoms with Crippen LogP contribution in [0.1, 0.15) is 11.1 Å². The third-order valence-electron chi connectivity index (χ3n) is 5.79. The van der Waals surface area contributed by atoms with E-state index in [0.29, 0.717) is 44.2 Å². The summed E-state index contributed by atoms with van der Waals surface area (Å²) < 4.78 is 10.7. The lowest BCUT2D eigenvalue weighted by atomic mass is 10.1. The molecule has 1 aromatic heterocycles. The number of hydrogen-bond donors (Lipinski definition) is 1. The highest BCUT2D eigenvalue weighted by Crippen LogP contribution is 2.32. The maximum atomic E-state index is 12.6. The van der Waals surface area contributed by atoms with E-state index in [9.17, 15) is 4.79 Å². The fourth-order valence-electron chi connectivity index (χ4n) is 3.81. The first-order chi connectivity index (χ1) is 16.1. The Bertz CT molecular complexity index is 1100. The Kier molecular flexibility index (Phi) is 6.92. The van der Waals surface area contributed by atoms with Gasteiger partial charge in [0.1, 0.15) is 12.1 Å². The quantitative estimate of drug-likeness (QED) is 0.623. The standard InChI is InChI=1S/C25H29N5O3/c1-18-4-6-19(7-5-18)16-26-25(31)30-12-10-29(11-13-30)24-15-21(27-17-28-24)20-8-9-22(32-2)23(14-20)33-3/h4-9,14-15,17H,10-13,16H2,1-3H3,(H,26,31). The lowest BCUT2D eigenvalue weighted by molar-refractivity contribution is 0.194. The van der Waals surface area contributed by atoms with Crippen molar-refractivity contribution < 1.29 is 14.3 Å². The highest BCUT2D eigenvalue weighted by atomic mass is 16.5. The molecule has 1 N–H and O–H groups in total. The van der Waals surface area contributed by atoms with Crippen LogP contribution >= 0.6 is 0 Å². The van der Waals surface area contributed by atoms with E-state index < -0.39 is 0 Å². The highest BCUT2D eigenvalue weighted by molar-refractivity contribution is 5.74. The first-order valence-corrected chi connectivity index (χ1v) is 10.9. The molecule has 8 heteroatoms. The highest BCUT2D eigenvalue weighted by Gasteiger charge is 2.22. The van der Waals surface area contributed by atoms with E-state index in [1.165, 1.54) is 5.56 Å². The Hall–Kier alpha value is -3.81. The number of ether oxygens (including phenoxy) is 2. The zero-order chi connectivity index (χ0) is 23.2. The molecule has 1 saturated heterocycles. The van der Waals surface area contributed by atoms with E-state index in [1.54, 1.807) is 20.5 Å². The van der Waals surface area contributed by atoms with Crippen molar-refractivity contribution in [1.29, 1.82) is 0 Å². The van der Waals surface area contributed by atoms with Crippen molar-refractivity contribution in [3.8, 4) is 22.8 Å². The molecule has 8 nitrogen and oxygen atoms in total. The number of carbonyl (C=O) groups is 1. The zero-order valence-corrected chi connectivity index (χ0v) is 19.2. The van der Waals surface area contributed by atoms with Gasteiger partial charge in [-0.1, -0.05) is 29.8 Å². The number of amides is 2. The predicted octanol–water partition coefficient (Wildman–Crippen LogP) is 3.50. The molecule has 0 aliphatic carbocycles. The Morgan fingerprint density at radius 2 is 1.67 bits per heavy atom. The third-order valence-corrected chi connectivity index (χ3v) is 5.79. The molecule has 0 bridgehead atoms. The molecule has 0 saturated carbocycles. The van der Waals surface area contributed by atoms with Crippen LogP contribution in [0.3, 0.4) is 0 Å². The molecule has 2 heterocycles. The molecule has 3 aromatic rings. The maximum Gasteiger partial charge on any atom is 0.317 e. The molecule has 172 valence electrons. The van der Waals surface area contributed by atoms with Crippen LogP contribution in [0.5, 0.6) is 11.5 Å². The van der Waals surface area contributed by atoms with E-state index in [0.717, 1.165) is 22.6 Å². The van der Waals surface area contributed by atoms with E-state index in [4.69, 9.17) is 9.47 Å².